The number of benzene rings is 1. The van der Waals surface area contributed by atoms with Crippen molar-refractivity contribution in [3.05, 3.63) is 35.9 Å². The van der Waals surface area contributed by atoms with Gasteiger partial charge in [-0.1, -0.05) is 30.3 Å². The van der Waals surface area contributed by atoms with E-state index in [1.807, 2.05) is 30.3 Å². The summed E-state index contributed by atoms with van der Waals surface area (Å²) in [5.74, 6) is -0.959. The number of carbonyl (C=O) groups is 1. The predicted molar refractivity (Wildman–Crippen MR) is 51.5 cm³/mol. The molecule has 1 aromatic carbocycles. The average Bonchev–Trinajstić information content (AvgIpc) is 2.06. The summed E-state index contributed by atoms with van der Waals surface area (Å²) in [6.07, 6.45) is 0.385. The molecule has 0 aromatic heterocycles. The molecule has 4 heteroatoms. The topological polar surface area (TPSA) is 63.3 Å². The quantitative estimate of drug-likeness (QED) is 0.783. The van der Waals surface area contributed by atoms with Crippen LogP contribution in [0.4, 0.5) is 0 Å². The molecule has 68 valence electrons. The first-order chi connectivity index (χ1) is 5.70. The molecule has 0 aliphatic carbocycles. The van der Waals surface area contributed by atoms with Crippen molar-refractivity contribution >= 4 is 29.9 Å². The zero-order valence-corrected chi connectivity index (χ0v) is 9.96. The molecule has 0 amide bonds. The Bertz CT molecular complexity index is 264. The summed E-state index contributed by atoms with van der Waals surface area (Å²) in [6.45, 7) is 0. The third-order valence-electron chi connectivity index (χ3n) is 1.62. The second-order valence-corrected chi connectivity index (χ2v) is 2.63. The second-order valence-electron chi connectivity index (χ2n) is 2.63. The Morgan fingerprint density at radius 2 is 1.92 bits per heavy atom. The molecule has 13 heavy (non-hydrogen) atoms. The number of hydrogen-bond acceptors (Lipinski definition) is 2. The molecule has 1 aromatic rings. The molecule has 3 nitrogen and oxygen atoms in total. The van der Waals surface area contributed by atoms with Crippen molar-refractivity contribution in [2.24, 2.45) is 5.73 Å². The molecular formula is C9H11NO2Sn. The summed E-state index contributed by atoms with van der Waals surface area (Å²) in [5.41, 5.74) is 6.30. The molecule has 0 aliphatic rings. The van der Waals surface area contributed by atoms with E-state index in [1.165, 1.54) is 0 Å². The maximum absolute atomic E-state index is 10.4. The van der Waals surface area contributed by atoms with Crippen molar-refractivity contribution in [3.63, 3.8) is 0 Å². The molecule has 0 saturated heterocycles. The molecule has 0 aliphatic heterocycles. The van der Waals surface area contributed by atoms with Gasteiger partial charge in [-0.3, -0.25) is 4.79 Å². The van der Waals surface area contributed by atoms with Crippen LogP contribution in [0.25, 0.3) is 0 Å². The number of rotatable bonds is 3. The zero-order valence-electron chi connectivity index (χ0n) is 7.10. The third-order valence-corrected chi connectivity index (χ3v) is 1.62. The maximum atomic E-state index is 10.4. The maximum Gasteiger partial charge on any atom is 0.320 e. The van der Waals surface area contributed by atoms with Crippen molar-refractivity contribution in [1.29, 1.82) is 0 Å². The molecular weight excluding hydrogens is 273 g/mol. The zero-order chi connectivity index (χ0) is 8.97. The number of nitrogens with two attached hydrogens (primary N) is 1. The van der Waals surface area contributed by atoms with Gasteiger partial charge in [0.2, 0.25) is 0 Å². The summed E-state index contributed by atoms with van der Waals surface area (Å²) in [7, 11) is 0. The molecule has 0 heterocycles. The Morgan fingerprint density at radius 1 is 1.38 bits per heavy atom. The van der Waals surface area contributed by atoms with Crippen molar-refractivity contribution in [1.82, 2.24) is 0 Å². The molecule has 3 N–H and O–H groups in total. The monoisotopic (exact) mass is 285 g/mol. The molecule has 0 bridgehead atoms. The van der Waals surface area contributed by atoms with Gasteiger partial charge in [-0.2, -0.15) is 0 Å². The SMILES string of the molecule is N[C@@H](Cc1ccccc1)C(=O)O.[Sn]. The number of carboxylic acid groups (broad SMARTS) is 1. The fraction of sp³-hybridized carbons (Fsp3) is 0.222. The van der Waals surface area contributed by atoms with Gasteiger partial charge in [-0.25, -0.2) is 0 Å². The minimum absolute atomic E-state index is 0. The summed E-state index contributed by atoms with van der Waals surface area (Å²) in [6, 6.07) is 8.54. The van der Waals surface area contributed by atoms with E-state index in [-0.39, 0.29) is 23.9 Å². The molecule has 1 atom stereocenters. The molecule has 4 radical (unpaired) electrons. The van der Waals surface area contributed by atoms with Gasteiger partial charge in [-0.15, -0.1) is 0 Å². The van der Waals surface area contributed by atoms with Gasteiger partial charge in [0.25, 0.3) is 0 Å². The van der Waals surface area contributed by atoms with Crippen molar-refractivity contribution in [2.75, 3.05) is 0 Å². The van der Waals surface area contributed by atoms with Crippen LogP contribution in [0.1, 0.15) is 5.56 Å². The molecule has 1 rings (SSSR count). The Hall–Kier alpha value is -0.551. The average molecular weight is 284 g/mol. The molecule has 0 saturated carbocycles. The van der Waals surface area contributed by atoms with Crippen molar-refractivity contribution in [3.8, 4) is 0 Å². The number of aliphatic carboxylic acids is 1. The molecule has 0 unspecified atom stereocenters. The van der Waals surface area contributed by atoms with Gasteiger partial charge in [0.15, 0.2) is 0 Å². The Morgan fingerprint density at radius 3 is 2.38 bits per heavy atom. The minimum Gasteiger partial charge on any atom is -0.480 e. The number of carboxylic acids is 1. The largest absolute Gasteiger partial charge is 0.480 e. The summed E-state index contributed by atoms with van der Waals surface area (Å²) < 4.78 is 0. The third kappa shape index (κ3) is 4.28. The van der Waals surface area contributed by atoms with Crippen LogP contribution in [-0.2, 0) is 11.2 Å². The smallest absolute Gasteiger partial charge is 0.320 e. The molecule has 0 spiro atoms. The van der Waals surface area contributed by atoms with Crippen LogP contribution in [0.2, 0.25) is 0 Å². The first kappa shape index (κ1) is 12.4. The summed E-state index contributed by atoms with van der Waals surface area (Å²) in [5, 5.41) is 8.52. The first-order valence-corrected chi connectivity index (χ1v) is 3.72. The summed E-state index contributed by atoms with van der Waals surface area (Å²) >= 11 is 0. The van der Waals surface area contributed by atoms with E-state index in [1.54, 1.807) is 0 Å². The van der Waals surface area contributed by atoms with E-state index in [2.05, 4.69) is 0 Å². The van der Waals surface area contributed by atoms with Crippen molar-refractivity contribution < 1.29 is 9.90 Å². The Balaban J connectivity index is 0.00000144. The van der Waals surface area contributed by atoms with E-state index in [0.717, 1.165) is 5.56 Å². The van der Waals surface area contributed by atoms with Gasteiger partial charge < -0.3 is 10.8 Å². The van der Waals surface area contributed by atoms with Crippen LogP contribution < -0.4 is 5.73 Å². The van der Waals surface area contributed by atoms with E-state index in [0.29, 0.717) is 6.42 Å². The predicted octanol–water partition coefficient (Wildman–Crippen LogP) is 0.260. The standard InChI is InChI=1S/C9H11NO2.Sn/c10-8(9(11)12)6-7-4-2-1-3-5-7;/h1-5,8H,6,10H2,(H,11,12);/t8-;/m0./s1. The van der Waals surface area contributed by atoms with Crippen LogP contribution in [0.5, 0.6) is 0 Å². The van der Waals surface area contributed by atoms with Gasteiger partial charge in [0.05, 0.1) is 0 Å². The van der Waals surface area contributed by atoms with Crippen LogP contribution >= 0.6 is 0 Å². The fourth-order valence-corrected chi connectivity index (χ4v) is 0.955. The van der Waals surface area contributed by atoms with Gasteiger partial charge >= 0.3 is 5.97 Å². The normalized spacial score (nSPS) is 11.5. The van der Waals surface area contributed by atoms with E-state index in [9.17, 15) is 4.79 Å². The van der Waals surface area contributed by atoms with Crippen LogP contribution in [0.3, 0.4) is 0 Å². The molecule has 0 fully saturated rings. The van der Waals surface area contributed by atoms with Gasteiger partial charge in [0, 0.05) is 23.9 Å². The van der Waals surface area contributed by atoms with Crippen LogP contribution in [-0.4, -0.2) is 41.0 Å². The first-order valence-electron chi connectivity index (χ1n) is 3.72. The van der Waals surface area contributed by atoms with Crippen LogP contribution in [0.15, 0.2) is 30.3 Å². The Kier molecular flexibility index (Phi) is 5.73. The van der Waals surface area contributed by atoms with Crippen LogP contribution in [0, 0.1) is 0 Å². The summed E-state index contributed by atoms with van der Waals surface area (Å²) in [4.78, 5) is 10.4. The van der Waals surface area contributed by atoms with Crippen molar-refractivity contribution in [2.45, 2.75) is 12.5 Å². The Labute approximate surface area is 93.9 Å². The van der Waals surface area contributed by atoms with E-state index >= 15 is 0 Å². The van der Waals surface area contributed by atoms with E-state index in [4.69, 9.17) is 10.8 Å². The van der Waals surface area contributed by atoms with Gasteiger partial charge in [0.1, 0.15) is 6.04 Å². The second kappa shape index (κ2) is 5.99. The minimum atomic E-state index is -0.959. The fourth-order valence-electron chi connectivity index (χ4n) is 0.955. The number of hydrogen-bond donors (Lipinski definition) is 2. The van der Waals surface area contributed by atoms with Gasteiger partial charge in [-0.05, 0) is 12.0 Å². The van der Waals surface area contributed by atoms with E-state index < -0.39 is 12.0 Å².